The summed E-state index contributed by atoms with van der Waals surface area (Å²) in [5.74, 6) is 0.759. The Bertz CT molecular complexity index is 943. The molecule has 0 bridgehead atoms. The summed E-state index contributed by atoms with van der Waals surface area (Å²) >= 11 is 0. The Morgan fingerprint density at radius 2 is 2.00 bits per heavy atom. The number of carbonyl (C=O) groups is 1. The Balaban J connectivity index is 1.56. The van der Waals surface area contributed by atoms with Crippen LogP contribution in [0, 0.1) is 0 Å². The standard InChI is InChI=1S/C22H23NO7/c24-8-3-9-27-21-12-15(14-6-7-18-19(10-14)29-13-28-18)11-20(30-21)22(26)23-16-4-1-2-5-17(16)25/h1-2,4-7,10-11,15,21,24-25H,3,8-9,12-13H2,(H,23,26)/t15-,21+/m0/s1. The molecule has 0 aromatic heterocycles. The van der Waals surface area contributed by atoms with Crippen LogP contribution in [0.25, 0.3) is 0 Å². The number of rotatable bonds is 7. The van der Waals surface area contributed by atoms with E-state index in [0.29, 0.717) is 30.9 Å². The molecule has 1 amide bonds. The Kier molecular flexibility index (Phi) is 6.06. The minimum atomic E-state index is -0.651. The number of amides is 1. The molecule has 30 heavy (non-hydrogen) atoms. The summed E-state index contributed by atoms with van der Waals surface area (Å²) in [5.41, 5.74) is 1.22. The second-order valence-corrected chi connectivity index (χ2v) is 6.95. The van der Waals surface area contributed by atoms with E-state index < -0.39 is 12.2 Å². The molecule has 2 aromatic carbocycles. The van der Waals surface area contributed by atoms with Gasteiger partial charge in [0.1, 0.15) is 5.75 Å². The quantitative estimate of drug-likeness (QED) is 0.473. The van der Waals surface area contributed by atoms with Crippen LogP contribution < -0.4 is 14.8 Å². The zero-order valence-electron chi connectivity index (χ0n) is 16.2. The zero-order chi connectivity index (χ0) is 20.9. The fourth-order valence-corrected chi connectivity index (χ4v) is 3.34. The SMILES string of the molecule is O=C(Nc1ccccc1O)C1=C[C@H](c2ccc3c(c2)OCO3)C[C@H](OCCCO)O1. The van der Waals surface area contributed by atoms with Gasteiger partial charge in [-0.1, -0.05) is 18.2 Å². The van der Waals surface area contributed by atoms with E-state index in [2.05, 4.69) is 5.32 Å². The molecule has 2 aliphatic rings. The molecule has 0 saturated carbocycles. The number of hydrogen-bond acceptors (Lipinski definition) is 7. The normalized spacial score (nSPS) is 19.7. The minimum absolute atomic E-state index is 0.00871. The van der Waals surface area contributed by atoms with E-state index in [4.69, 9.17) is 24.1 Å². The number of aromatic hydroxyl groups is 1. The molecule has 0 fully saturated rings. The molecule has 0 unspecified atom stereocenters. The van der Waals surface area contributed by atoms with E-state index in [-0.39, 0.29) is 36.5 Å². The average molecular weight is 413 g/mol. The Labute approximate surface area is 173 Å². The van der Waals surface area contributed by atoms with Crippen molar-refractivity contribution in [1.29, 1.82) is 0 Å². The number of aliphatic hydroxyl groups excluding tert-OH is 1. The highest BCUT2D eigenvalue weighted by atomic mass is 16.7. The maximum Gasteiger partial charge on any atom is 0.290 e. The lowest BCUT2D eigenvalue weighted by molar-refractivity contribution is -0.144. The first-order valence-corrected chi connectivity index (χ1v) is 9.74. The number of benzene rings is 2. The molecule has 2 aromatic rings. The summed E-state index contributed by atoms with van der Waals surface area (Å²) in [4.78, 5) is 12.8. The third-order valence-corrected chi connectivity index (χ3v) is 4.86. The maximum absolute atomic E-state index is 12.8. The van der Waals surface area contributed by atoms with E-state index in [9.17, 15) is 9.90 Å². The van der Waals surface area contributed by atoms with E-state index in [1.165, 1.54) is 6.07 Å². The number of nitrogens with one attached hydrogen (secondary N) is 1. The van der Waals surface area contributed by atoms with Gasteiger partial charge in [-0.3, -0.25) is 4.79 Å². The molecule has 158 valence electrons. The van der Waals surface area contributed by atoms with Crippen molar-refractivity contribution in [3.63, 3.8) is 0 Å². The Hall–Kier alpha value is -3.23. The van der Waals surface area contributed by atoms with Crippen molar-refractivity contribution < 1.29 is 34.0 Å². The van der Waals surface area contributed by atoms with Crippen LogP contribution in [0.15, 0.2) is 54.3 Å². The van der Waals surface area contributed by atoms with Crippen molar-refractivity contribution in [1.82, 2.24) is 0 Å². The van der Waals surface area contributed by atoms with Gasteiger partial charge in [0.2, 0.25) is 13.1 Å². The summed E-state index contributed by atoms with van der Waals surface area (Å²) < 4.78 is 22.3. The van der Waals surface area contributed by atoms with Crippen LogP contribution in [0.3, 0.4) is 0 Å². The summed E-state index contributed by atoms with van der Waals surface area (Å²) in [6, 6.07) is 12.1. The predicted molar refractivity (Wildman–Crippen MR) is 107 cm³/mol. The summed E-state index contributed by atoms with van der Waals surface area (Å²) in [7, 11) is 0. The number of anilines is 1. The van der Waals surface area contributed by atoms with Crippen LogP contribution in [0.4, 0.5) is 5.69 Å². The van der Waals surface area contributed by atoms with Crippen LogP contribution >= 0.6 is 0 Å². The topological polar surface area (TPSA) is 106 Å². The van der Waals surface area contributed by atoms with Crippen LogP contribution in [-0.2, 0) is 14.3 Å². The molecule has 0 radical (unpaired) electrons. The first kappa shape index (κ1) is 20.1. The Morgan fingerprint density at radius 3 is 2.83 bits per heavy atom. The van der Waals surface area contributed by atoms with Gasteiger partial charge in [-0.25, -0.2) is 0 Å². The maximum atomic E-state index is 12.8. The molecular weight excluding hydrogens is 390 g/mol. The molecule has 0 spiro atoms. The van der Waals surface area contributed by atoms with Crippen molar-refractivity contribution >= 4 is 11.6 Å². The molecule has 0 aliphatic carbocycles. The molecule has 4 rings (SSSR count). The molecule has 0 saturated heterocycles. The van der Waals surface area contributed by atoms with E-state index in [0.717, 1.165) is 5.56 Å². The molecule has 2 aliphatic heterocycles. The van der Waals surface area contributed by atoms with Crippen LogP contribution in [0.2, 0.25) is 0 Å². The molecule has 2 atom stereocenters. The van der Waals surface area contributed by atoms with Gasteiger partial charge in [0, 0.05) is 18.9 Å². The lowest BCUT2D eigenvalue weighted by Crippen LogP contribution is -2.29. The summed E-state index contributed by atoms with van der Waals surface area (Å²) in [6.07, 6.45) is 2.05. The summed E-state index contributed by atoms with van der Waals surface area (Å²) in [6.45, 7) is 0.502. The van der Waals surface area contributed by atoms with Crippen LogP contribution in [0.1, 0.15) is 24.3 Å². The number of hydrogen-bond donors (Lipinski definition) is 3. The number of fused-ring (bicyclic) bond motifs is 1. The number of allylic oxidation sites excluding steroid dienone is 1. The molecular formula is C22H23NO7. The third kappa shape index (κ3) is 4.50. The number of ether oxygens (including phenoxy) is 4. The predicted octanol–water partition coefficient (Wildman–Crippen LogP) is 2.87. The van der Waals surface area contributed by atoms with Crippen molar-refractivity contribution in [3.05, 3.63) is 59.9 Å². The minimum Gasteiger partial charge on any atom is -0.506 e. The number of carbonyl (C=O) groups excluding carboxylic acids is 1. The van der Waals surface area contributed by atoms with Crippen molar-refractivity contribution in [2.24, 2.45) is 0 Å². The lowest BCUT2D eigenvalue weighted by Gasteiger charge is -2.29. The molecule has 8 nitrogen and oxygen atoms in total. The third-order valence-electron chi connectivity index (χ3n) is 4.86. The van der Waals surface area contributed by atoms with E-state index >= 15 is 0 Å². The number of aliphatic hydroxyl groups is 1. The van der Waals surface area contributed by atoms with E-state index in [1.54, 1.807) is 24.3 Å². The Morgan fingerprint density at radius 1 is 1.17 bits per heavy atom. The van der Waals surface area contributed by atoms with Gasteiger partial charge in [0.25, 0.3) is 5.91 Å². The highest BCUT2D eigenvalue weighted by Gasteiger charge is 2.30. The van der Waals surface area contributed by atoms with E-state index in [1.807, 2.05) is 18.2 Å². The van der Waals surface area contributed by atoms with Crippen LogP contribution in [-0.4, -0.2) is 42.4 Å². The number of phenols is 1. The van der Waals surface area contributed by atoms with Gasteiger partial charge in [0.15, 0.2) is 17.3 Å². The average Bonchev–Trinajstić information content (AvgIpc) is 3.23. The number of phenolic OH excluding ortho intramolecular Hbond substituents is 1. The fourth-order valence-electron chi connectivity index (χ4n) is 3.34. The zero-order valence-corrected chi connectivity index (χ0v) is 16.2. The van der Waals surface area contributed by atoms with Gasteiger partial charge < -0.3 is 34.5 Å². The van der Waals surface area contributed by atoms with Gasteiger partial charge in [-0.05, 0) is 42.3 Å². The molecule has 3 N–H and O–H groups in total. The smallest absolute Gasteiger partial charge is 0.290 e. The second kappa shape index (κ2) is 9.06. The van der Waals surface area contributed by atoms with Crippen molar-refractivity contribution in [3.8, 4) is 17.2 Å². The molecule has 2 heterocycles. The lowest BCUT2D eigenvalue weighted by atomic mass is 9.92. The first-order valence-electron chi connectivity index (χ1n) is 9.74. The highest BCUT2D eigenvalue weighted by Crippen LogP contribution is 2.38. The van der Waals surface area contributed by atoms with Gasteiger partial charge in [-0.15, -0.1) is 0 Å². The van der Waals surface area contributed by atoms with Crippen molar-refractivity contribution in [2.75, 3.05) is 25.3 Å². The van der Waals surface area contributed by atoms with Crippen molar-refractivity contribution in [2.45, 2.75) is 25.0 Å². The number of para-hydroxylation sites is 2. The second-order valence-electron chi connectivity index (χ2n) is 6.95. The first-order chi connectivity index (χ1) is 14.6. The van der Waals surface area contributed by atoms with Gasteiger partial charge in [-0.2, -0.15) is 0 Å². The van der Waals surface area contributed by atoms with Crippen LogP contribution in [0.5, 0.6) is 17.2 Å². The fraction of sp³-hybridized carbons (Fsp3) is 0.318. The molecule has 8 heteroatoms. The highest BCUT2D eigenvalue weighted by molar-refractivity contribution is 6.03. The summed E-state index contributed by atoms with van der Waals surface area (Å²) in [5, 5.41) is 21.6. The van der Waals surface area contributed by atoms with Gasteiger partial charge >= 0.3 is 0 Å². The largest absolute Gasteiger partial charge is 0.506 e. The van der Waals surface area contributed by atoms with Gasteiger partial charge in [0.05, 0.1) is 12.3 Å². The monoisotopic (exact) mass is 413 g/mol.